The summed E-state index contributed by atoms with van der Waals surface area (Å²) in [5.74, 6) is 0. The van der Waals surface area contributed by atoms with E-state index in [9.17, 15) is 19.2 Å². The lowest BCUT2D eigenvalue weighted by molar-refractivity contribution is 0.665. The Bertz CT molecular complexity index is 2420. The Morgan fingerprint density at radius 2 is 1.07 bits per heavy atom. The van der Waals surface area contributed by atoms with Gasteiger partial charge in [0.05, 0.1) is 27.7 Å². The highest BCUT2D eigenvalue weighted by Crippen LogP contribution is 2.45. The Morgan fingerprint density at radius 1 is 0.571 bits per heavy atom. The number of hydrogen-bond donors (Lipinski definition) is 0. The summed E-state index contributed by atoms with van der Waals surface area (Å²) in [6, 6.07) is 0. The minimum absolute atomic E-state index is 0.143. The number of hydrogen-bond acceptors (Lipinski definition) is 8. The van der Waals surface area contributed by atoms with Crippen LogP contribution in [0.3, 0.4) is 0 Å². The van der Waals surface area contributed by atoms with E-state index >= 15 is 0 Å². The zero-order valence-electron chi connectivity index (χ0n) is 24.3. The topological polar surface area (TPSA) is 149 Å². The number of nitrogens with zero attached hydrogens (tertiary/aromatic N) is 10. The smallest absolute Gasteiger partial charge is 0.322 e. The highest BCUT2D eigenvalue weighted by atomic mass is 16.2. The van der Waals surface area contributed by atoms with Gasteiger partial charge in [0, 0.05) is 46.7 Å². The van der Waals surface area contributed by atoms with Crippen molar-refractivity contribution in [3.05, 3.63) is 52.8 Å². The maximum Gasteiger partial charge on any atom is 0.332 e. The van der Waals surface area contributed by atoms with E-state index in [2.05, 4.69) is 43.4 Å². The van der Waals surface area contributed by atoms with E-state index in [1.54, 1.807) is 14.1 Å². The number of aryl methyl sites for hydroxylation is 6. The molecule has 0 fully saturated rings. The summed E-state index contributed by atoms with van der Waals surface area (Å²) in [6.07, 6.45) is 2.77. The molecule has 0 spiro atoms. The second-order valence-electron chi connectivity index (χ2n) is 11.1. The van der Waals surface area contributed by atoms with Gasteiger partial charge in [-0.25, -0.2) is 9.59 Å². The Labute approximate surface area is 237 Å². The monoisotopic (exact) mass is 570 g/mol. The minimum atomic E-state index is -0.487. The zero-order valence-corrected chi connectivity index (χ0v) is 24.3. The largest absolute Gasteiger partial charge is 0.332 e. The molecule has 216 valence electrons. The fourth-order valence-corrected chi connectivity index (χ4v) is 6.76. The van der Waals surface area contributed by atoms with Crippen molar-refractivity contribution < 1.29 is 0 Å². The molecule has 0 aromatic carbocycles. The van der Waals surface area contributed by atoms with E-state index in [0.717, 1.165) is 49.9 Å². The van der Waals surface area contributed by atoms with Gasteiger partial charge in [0.25, 0.3) is 11.1 Å². The third-order valence-corrected chi connectivity index (χ3v) is 8.66. The van der Waals surface area contributed by atoms with Gasteiger partial charge in [-0.3, -0.25) is 27.9 Å². The molecule has 0 saturated heterocycles. The quantitative estimate of drug-likeness (QED) is 0.303. The lowest BCUT2D eigenvalue weighted by Gasteiger charge is -2.20. The van der Waals surface area contributed by atoms with Crippen molar-refractivity contribution in [2.24, 2.45) is 28.2 Å². The molecule has 14 heteroatoms. The maximum atomic E-state index is 13.6. The first-order valence-electron chi connectivity index (χ1n) is 14.1. The third kappa shape index (κ3) is 3.03. The van der Waals surface area contributed by atoms with Crippen LogP contribution < -0.4 is 22.5 Å². The third-order valence-electron chi connectivity index (χ3n) is 8.66. The molecule has 0 saturated carbocycles. The maximum absolute atomic E-state index is 13.6. The molecule has 6 aromatic rings. The molecule has 0 aliphatic heterocycles. The van der Waals surface area contributed by atoms with Crippen LogP contribution in [0.1, 0.15) is 37.8 Å². The average Bonchev–Trinajstić information content (AvgIpc) is 3.48. The number of aromatic nitrogens is 10. The van der Waals surface area contributed by atoms with Gasteiger partial charge >= 0.3 is 11.4 Å². The van der Waals surface area contributed by atoms with Gasteiger partial charge in [-0.2, -0.15) is 0 Å². The van der Waals surface area contributed by atoms with Crippen LogP contribution in [0, 0.1) is 0 Å². The molecule has 0 radical (unpaired) electrons. The van der Waals surface area contributed by atoms with Crippen molar-refractivity contribution in [1.29, 1.82) is 0 Å². The van der Waals surface area contributed by atoms with Crippen LogP contribution in [-0.4, -0.2) is 47.8 Å². The highest BCUT2D eigenvalue weighted by Gasteiger charge is 2.34. The first-order valence-corrected chi connectivity index (χ1v) is 14.1. The zero-order chi connectivity index (χ0) is 29.8. The predicted molar refractivity (Wildman–Crippen MR) is 158 cm³/mol. The van der Waals surface area contributed by atoms with Crippen LogP contribution in [0.4, 0.5) is 0 Å². The second-order valence-corrected chi connectivity index (χ2v) is 11.1. The molecule has 6 aromatic heterocycles. The molecule has 1 aliphatic carbocycles. The molecule has 6 heterocycles. The molecule has 0 amide bonds. The molecule has 0 N–H and O–H groups in total. The van der Waals surface area contributed by atoms with Crippen molar-refractivity contribution in [2.45, 2.75) is 52.6 Å². The van der Waals surface area contributed by atoms with Crippen molar-refractivity contribution in [3.8, 4) is 11.4 Å². The van der Waals surface area contributed by atoms with E-state index in [4.69, 9.17) is 0 Å². The lowest BCUT2D eigenvalue weighted by atomic mass is 9.91. The summed E-state index contributed by atoms with van der Waals surface area (Å²) in [7, 11) is 6.16. The van der Waals surface area contributed by atoms with Crippen LogP contribution in [0.15, 0.2) is 19.2 Å². The van der Waals surface area contributed by atoms with E-state index in [1.165, 1.54) is 23.2 Å². The van der Waals surface area contributed by atoms with Crippen LogP contribution in [0.5, 0.6) is 0 Å². The predicted octanol–water partition coefficient (Wildman–Crippen LogP) is 0.863. The van der Waals surface area contributed by atoms with E-state index < -0.39 is 22.5 Å². The van der Waals surface area contributed by atoms with E-state index in [0.29, 0.717) is 53.5 Å². The summed E-state index contributed by atoms with van der Waals surface area (Å²) in [4.78, 5) is 52.4. The fourth-order valence-electron chi connectivity index (χ4n) is 6.76. The summed E-state index contributed by atoms with van der Waals surface area (Å²) in [5, 5.41) is 19.7. The Morgan fingerprint density at radius 3 is 1.69 bits per heavy atom. The van der Waals surface area contributed by atoms with Gasteiger partial charge in [-0.05, 0) is 36.8 Å². The van der Waals surface area contributed by atoms with Crippen LogP contribution in [0.2, 0.25) is 0 Å². The second kappa shape index (κ2) is 8.81. The summed E-state index contributed by atoms with van der Waals surface area (Å²) >= 11 is 0. The molecular formula is C28H30N10O4. The first-order chi connectivity index (χ1) is 20.1. The number of rotatable bonds is 4. The van der Waals surface area contributed by atoms with Crippen molar-refractivity contribution in [1.82, 2.24) is 47.8 Å². The van der Waals surface area contributed by atoms with Crippen molar-refractivity contribution in [3.63, 3.8) is 0 Å². The molecule has 0 bridgehead atoms. The normalized spacial score (nSPS) is 13.1. The van der Waals surface area contributed by atoms with Crippen LogP contribution in [0.25, 0.3) is 55.5 Å². The Kier molecular flexibility index (Phi) is 5.46. The van der Waals surface area contributed by atoms with Crippen molar-refractivity contribution >= 4 is 44.1 Å². The first kappa shape index (κ1) is 26.0. The summed E-state index contributed by atoms with van der Waals surface area (Å²) in [5.41, 5.74) is 4.03. The molecule has 42 heavy (non-hydrogen) atoms. The lowest BCUT2D eigenvalue weighted by Crippen LogP contribution is -2.37. The summed E-state index contributed by atoms with van der Waals surface area (Å²) < 4.78 is 9.22. The molecule has 14 nitrogen and oxygen atoms in total. The molecular weight excluding hydrogens is 540 g/mol. The van der Waals surface area contributed by atoms with Gasteiger partial charge in [-0.1, -0.05) is 13.8 Å². The Hall–Kier alpha value is -4.88. The van der Waals surface area contributed by atoms with E-state index in [1.807, 2.05) is 0 Å². The SMILES string of the molecule is CCCn1c2c(c3c4c(=O)n(C)c(=O)n(C)c4nnc31)CCc1c-2n(CCC)c2nnc3c(=O)n(C)c(=O)n(C)c3c12. The van der Waals surface area contributed by atoms with Gasteiger partial charge in [0.2, 0.25) is 0 Å². The molecule has 1 aliphatic rings. The van der Waals surface area contributed by atoms with Gasteiger partial charge < -0.3 is 9.13 Å². The van der Waals surface area contributed by atoms with Crippen LogP contribution in [-0.2, 0) is 54.1 Å². The van der Waals surface area contributed by atoms with Crippen molar-refractivity contribution in [2.75, 3.05) is 0 Å². The minimum Gasteiger partial charge on any atom is -0.322 e. The van der Waals surface area contributed by atoms with Crippen LogP contribution >= 0.6 is 0 Å². The highest BCUT2D eigenvalue weighted by molar-refractivity contribution is 6.10. The molecule has 7 rings (SSSR count). The average molecular weight is 571 g/mol. The molecule has 0 unspecified atom stereocenters. The van der Waals surface area contributed by atoms with Gasteiger partial charge in [-0.15, -0.1) is 20.4 Å². The van der Waals surface area contributed by atoms with Gasteiger partial charge in [0.15, 0.2) is 22.5 Å². The number of fused-ring (bicyclic) bond motifs is 11. The summed E-state index contributed by atoms with van der Waals surface area (Å²) in [6.45, 7) is 5.40. The Balaban J connectivity index is 1.73. The molecule has 0 atom stereocenters. The van der Waals surface area contributed by atoms with Gasteiger partial charge in [0.1, 0.15) is 0 Å². The fraction of sp³-hybridized carbons (Fsp3) is 0.429. The standard InChI is InChI=1S/C28H30N10O4/c1-7-11-37-19-13(15-17-22(30-32-23(15)37)34(4)28(42)35(5)25(17)39)9-10-14-16-21-18(26(40)36(6)27(41)33(21)3)29-31-24(16)38(12-8-2)20(14)19/h7-12H2,1-6H3. The van der Waals surface area contributed by atoms with E-state index in [-0.39, 0.29) is 11.2 Å².